The lowest BCUT2D eigenvalue weighted by Gasteiger charge is -2.28. The minimum atomic E-state index is -0.891. The van der Waals surface area contributed by atoms with Crippen LogP contribution in [0.15, 0.2) is 53.7 Å². The van der Waals surface area contributed by atoms with E-state index < -0.39 is 22.9 Å². The number of carbonyl (C=O) groups excluding carboxylic acids is 2. The average Bonchev–Trinajstić information content (AvgIpc) is 2.68. The number of methoxy groups -OCH3 is 1. The Labute approximate surface area is 170 Å². The van der Waals surface area contributed by atoms with Crippen molar-refractivity contribution in [2.75, 3.05) is 12.4 Å². The largest absolute Gasteiger partial charge is 0.497 e. The first-order valence-corrected chi connectivity index (χ1v) is 8.85. The molecule has 1 unspecified atom stereocenters. The maximum absolute atomic E-state index is 13.0. The van der Waals surface area contributed by atoms with E-state index >= 15 is 0 Å². The highest BCUT2D eigenvalue weighted by molar-refractivity contribution is 6.32. The van der Waals surface area contributed by atoms with E-state index in [1.807, 2.05) is 0 Å². The SMILES string of the molecule is COc1ccc(NC(=O)C2=C(C)NC(=O)NC2c2ccc(Cl)c([N+](=O)[O-])c2)cc1. The number of hydrogen-bond donors (Lipinski definition) is 3. The number of anilines is 1. The molecule has 9 nitrogen and oxygen atoms in total. The summed E-state index contributed by atoms with van der Waals surface area (Å²) in [4.78, 5) is 35.5. The Bertz CT molecular complexity index is 1020. The first-order valence-electron chi connectivity index (χ1n) is 8.47. The molecule has 3 amide bonds. The molecule has 0 spiro atoms. The molecule has 0 fully saturated rings. The average molecular weight is 417 g/mol. The molecule has 0 saturated carbocycles. The molecule has 2 aromatic rings. The molecular weight excluding hydrogens is 400 g/mol. The third kappa shape index (κ3) is 4.30. The quantitative estimate of drug-likeness (QED) is 0.508. The summed E-state index contributed by atoms with van der Waals surface area (Å²) in [5.41, 5.74) is 1.12. The number of nitro benzene ring substituents is 1. The van der Waals surface area contributed by atoms with Crippen molar-refractivity contribution in [3.63, 3.8) is 0 Å². The van der Waals surface area contributed by atoms with E-state index in [0.717, 1.165) is 0 Å². The number of nitro groups is 1. The second-order valence-electron chi connectivity index (χ2n) is 6.22. The van der Waals surface area contributed by atoms with Crippen LogP contribution in [0.5, 0.6) is 5.75 Å². The summed E-state index contributed by atoms with van der Waals surface area (Å²) < 4.78 is 5.09. The molecule has 0 radical (unpaired) electrons. The summed E-state index contributed by atoms with van der Waals surface area (Å²) in [5.74, 6) is 0.166. The van der Waals surface area contributed by atoms with Crippen molar-refractivity contribution >= 4 is 34.9 Å². The number of amides is 3. The van der Waals surface area contributed by atoms with Crippen LogP contribution in [0.3, 0.4) is 0 Å². The van der Waals surface area contributed by atoms with E-state index in [2.05, 4.69) is 16.0 Å². The van der Waals surface area contributed by atoms with Crippen LogP contribution >= 0.6 is 11.6 Å². The molecule has 1 heterocycles. The number of carbonyl (C=O) groups is 2. The number of halogens is 1. The monoisotopic (exact) mass is 416 g/mol. The molecule has 0 aliphatic carbocycles. The van der Waals surface area contributed by atoms with Crippen molar-refractivity contribution < 1.29 is 19.2 Å². The first-order chi connectivity index (χ1) is 13.8. The van der Waals surface area contributed by atoms with Gasteiger partial charge in [0.25, 0.3) is 11.6 Å². The molecule has 0 aromatic heterocycles. The van der Waals surface area contributed by atoms with Crippen molar-refractivity contribution in [3.8, 4) is 5.75 Å². The van der Waals surface area contributed by atoms with Gasteiger partial charge >= 0.3 is 6.03 Å². The van der Waals surface area contributed by atoms with Crippen LogP contribution in [-0.4, -0.2) is 24.0 Å². The molecule has 29 heavy (non-hydrogen) atoms. The zero-order valence-corrected chi connectivity index (χ0v) is 16.2. The zero-order chi connectivity index (χ0) is 21.1. The zero-order valence-electron chi connectivity index (χ0n) is 15.5. The summed E-state index contributed by atoms with van der Waals surface area (Å²) in [7, 11) is 1.54. The van der Waals surface area contributed by atoms with Crippen molar-refractivity contribution in [1.82, 2.24) is 10.6 Å². The second-order valence-corrected chi connectivity index (χ2v) is 6.63. The van der Waals surface area contributed by atoms with Crippen molar-refractivity contribution in [1.29, 1.82) is 0 Å². The first kappa shape index (κ1) is 20.2. The van der Waals surface area contributed by atoms with E-state index in [9.17, 15) is 19.7 Å². The van der Waals surface area contributed by atoms with Gasteiger partial charge in [0.2, 0.25) is 0 Å². The van der Waals surface area contributed by atoms with Gasteiger partial charge in [-0.2, -0.15) is 0 Å². The van der Waals surface area contributed by atoms with Crippen LogP contribution in [0, 0.1) is 10.1 Å². The normalized spacial score (nSPS) is 16.0. The molecule has 3 rings (SSSR count). The molecule has 2 aromatic carbocycles. The topological polar surface area (TPSA) is 123 Å². The van der Waals surface area contributed by atoms with Crippen molar-refractivity contribution in [3.05, 3.63) is 74.4 Å². The van der Waals surface area contributed by atoms with Gasteiger partial charge in [-0.25, -0.2) is 4.79 Å². The molecule has 10 heteroatoms. The van der Waals surface area contributed by atoms with Gasteiger partial charge in [-0.05, 0) is 42.8 Å². The van der Waals surface area contributed by atoms with Crippen LogP contribution in [-0.2, 0) is 4.79 Å². The maximum Gasteiger partial charge on any atom is 0.319 e. The van der Waals surface area contributed by atoms with Gasteiger partial charge in [-0.3, -0.25) is 14.9 Å². The van der Waals surface area contributed by atoms with Gasteiger partial charge in [-0.1, -0.05) is 17.7 Å². The molecule has 3 N–H and O–H groups in total. The minimum absolute atomic E-state index is 0.0380. The number of allylic oxidation sites excluding steroid dienone is 1. The minimum Gasteiger partial charge on any atom is -0.497 e. The lowest BCUT2D eigenvalue weighted by atomic mass is 9.94. The van der Waals surface area contributed by atoms with Gasteiger partial charge in [-0.15, -0.1) is 0 Å². The smallest absolute Gasteiger partial charge is 0.319 e. The fourth-order valence-corrected chi connectivity index (χ4v) is 3.15. The second kappa shape index (κ2) is 8.19. The van der Waals surface area contributed by atoms with Gasteiger partial charge in [0.15, 0.2) is 0 Å². The van der Waals surface area contributed by atoms with Crippen LogP contribution in [0.2, 0.25) is 5.02 Å². The Morgan fingerprint density at radius 1 is 1.24 bits per heavy atom. The predicted molar refractivity (Wildman–Crippen MR) is 107 cm³/mol. The summed E-state index contributed by atoms with van der Waals surface area (Å²) in [6.07, 6.45) is 0. The Morgan fingerprint density at radius 3 is 2.55 bits per heavy atom. The van der Waals surface area contributed by atoms with Gasteiger partial charge in [0.05, 0.1) is 23.6 Å². The molecular formula is C19H17ClN4O5. The number of nitrogens with zero attached hydrogens (tertiary/aromatic N) is 1. The molecule has 0 saturated heterocycles. The maximum atomic E-state index is 13.0. The fourth-order valence-electron chi connectivity index (χ4n) is 2.97. The van der Waals surface area contributed by atoms with Crippen LogP contribution < -0.4 is 20.7 Å². The summed E-state index contributed by atoms with van der Waals surface area (Å²) >= 11 is 5.88. The number of rotatable bonds is 5. The van der Waals surface area contributed by atoms with Crippen LogP contribution in [0.1, 0.15) is 18.5 Å². The van der Waals surface area contributed by atoms with Crippen molar-refractivity contribution in [2.45, 2.75) is 13.0 Å². The van der Waals surface area contributed by atoms with Crippen molar-refractivity contribution in [2.24, 2.45) is 0 Å². The molecule has 1 atom stereocenters. The summed E-state index contributed by atoms with van der Waals surface area (Å²) in [6.45, 7) is 1.58. The Morgan fingerprint density at radius 2 is 1.93 bits per heavy atom. The van der Waals surface area contributed by atoms with E-state index in [1.54, 1.807) is 31.2 Å². The number of urea groups is 1. The highest BCUT2D eigenvalue weighted by atomic mass is 35.5. The highest BCUT2D eigenvalue weighted by Crippen LogP contribution is 2.33. The number of hydrogen-bond acceptors (Lipinski definition) is 5. The molecule has 1 aliphatic heterocycles. The van der Waals surface area contributed by atoms with Gasteiger partial charge < -0.3 is 20.7 Å². The van der Waals surface area contributed by atoms with Gasteiger partial charge in [0, 0.05) is 17.5 Å². The molecule has 1 aliphatic rings. The number of nitrogens with one attached hydrogen (secondary N) is 3. The van der Waals surface area contributed by atoms with Crippen LogP contribution in [0.4, 0.5) is 16.2 Å². The third-order valence-electron chi connectivity index (χ3n) is 4.36. The standard InChI is InChI=1S/C19H17ClN4O5/c1-10-16(18(25)22-12-4-6-13(29-2)7-5-12)17(23-19(26)21-10)11-3-8-14(20)15(9-11)24(27)28/h3-9,17H,1-2H3,(H,22,25)(H2,21,23,26). The molecule has 0 bridgehead atoms. The Balaban J connectivity index is 1.96. The summed E-state index contributed by atoms with van der Waals surface area (Å²) in [5, 5.41) is 19.1. The van der Waals surface area contributed by atoms with E-state index in [0.29, 0.717) is 22.7 Å². The Hall–Kier alpha value is -3.59. The van der Waals surface area contributed by atoms with E-state index in [-0.39, 0.29) is 16.3 Å². The summed E-state index contributed by atoms with van der Waals surface area (Å²) in [6, 6.07) is 9.44. The lowest BCUT2D eigenvalue weighted by molar-refractivity contribution is -0.384. The van der Waals surface area contributed by atoms with E-state index in [1.165, 1.54) is 25.3 Å². The van der Waals surface area contributed by atoms with E-state index in [4.69, 9.17) is 16.3 Å². The fraction of sp³-hybridized carbons (Fsp3) is 0.158. The van der Waals surface area contributed by atoms with Gasteiger partial charge in [0.1, 0.15) is 10.8 Å². The third-order valence-corrected chi connectivity index (χ3v) is 4.68. The number of benzene rings is 2. The predicted octanol–water partition coefficient (Wildman–Crippen LogP) is 3.52. The van der Waals surface area contributed by atoms with Crippen LogP contribution in [0.25, 0.3) is 0 Å². The molecule has 150 valence electrons. The lowest BCUT2D eigenvalue weighted by Crippen LogP contribution is -2.46. The Kier molecular flexibility index (Phi) is 5.69. The highest BCUT2D eigenvalue weighted by Gasteiger charge is 2.32. The number of ether oxygens (including phenoxy) is 1.